The third kappa shape index (κ3) is 4.79. The molecule has 0 amide bonds. The molecule has 0 aliphatic heterocycles. The van der Waals surface area contributed by atoms with Crippen LogP contribution in [0.5, 0.6) is 0 Å². The van der Waals surface area contributed by atoms with Crippen LogP contribution in [0.1, 0.15) is 11.1 Å². The first-order valence-electron chi connectivity index (χ1n) is 10.6. The van der Waals surface area contributed by atoms with Crippen LogP contribution in [0.25, 0.3) is 20.2 Å². The lowest BCUT2D eigenvalue weighted by Crippen LogP contribution is -2.17. The first-order chi connectivity index (χ1) is 17.4. The zero-order valence-corrected chi connectivity index (χ0v) is 23.1. The van der Waals surface area contributed by atoms with E-state index in [4.69, 9.17) is 11.6 Å². The lowest BCUT2D eigenvalue weighted by Gasteiger charge is -2.15. The quantitative estimate of drug-likeness (QED) is 0.215. The number of hydrogen-bond donors (Lipinski definition) is 2. The number of anilines is 2. The summed E-state index contributed by atoms with van der Waals surface area (Å²) in [6.07, 6.45) is 0. The predicted molar refractivity (Wildman–Crippen MR) is 146 cm³/mol. The van der Waals surface area contributed by atoms with Crippen LogP contribution in [0.3, 0.4) is 0 Å². The van der Waals surface area contributed by atoms with E-state index in [9.17, 15) is 25.6 Å². The fraction of sp³-hybridized carbons (Fsp3) is 0.0833. The minimum atomic E-state index is -4.20. The van der Waals surface area contributed by atoms with Gasteiger partial charge in [0.05, 0.1) is 11.4 Å². The molecular formula is C24H17ClF2N2O4S4. The normalized spacial score (nSPS) is 12.4. The van der Waals surface area contributed by atoms with Gasteiger partial charge < -0.3 is 0 Å². The molecule has 37 heavy (non-hydrogen) atoms. The standard InChI is InChI=1S/C24H17ClF2N2O4S4/c1-12-17-10-15(26)4-7-21(17)34-23(12)36(30,31)28-19-6-3-14(25)9-20(19)29-37(32,33)24-13(2)18-11-16(27)5-8-22(18)35-24/h3-11,28-29H,1-2H3. The summed E-state index contributed by atoms with van der Waals surface area (Å²) in [5.41, 5.74) is 0.588. The van der Waals surface area contributed by atoms with Crippen LogP contribution in [0.2, 0.25) is 5.02 Å². The molecule has 2 aromatic heterocycles. The van der Waals surface area contributed by atoms with E-state index in [0.717, 1.165) is 22.7 Å². The van der Waals surface area contributed by atoms with Crippen molar-refractivity contribution in [2.24, 2.45) is 0 Å². The van der Waals surface area contributed by atoms with Crippen molar-refractivity contribution in [2.75, 3.05) is 9.44 Å². The molecule has 5 aromatic rings. The zero-order valence-electron chi connectivity index (χ0n) is 19.1. The fourth-order valence-corrected chi connectivity index (χ4v) is 9.74. The van der Waals surface area contributed by atoms with Gasteiger partial charge in [-0.1, -0.05) is 11.6 Å². The number of hydrogen-bond acceptors (Lipinski definition) is 6. The third-order valence-electron chi connectivity index (χ3n) is 5.67. The molecule has 0 radical (unpaired) electrons. The molecule has 2 heterocycles. The summed E-state index contributed by atoms with van der Waals surface area (Å²) in [7, 11) is -8.38. The molecule has 192 valence electrons. The molecule has 3 aromatic carbocycles. The Bertz CT molecular complexity index is 1930. The number of thiophene rings is 2. The lowest BCUT2D eigenvalue weighted by atomic mass is 10.2. The second-order valence-corrected chi connectivity index (χ2v) is 14.5. The molecule has 0 unspecified atom stereocenters. The summed E-state index contributed by atoms with van der Waals surface area (Å²) in [6, 6.07) is 12.1. The van der Waals surface area contributed by atoms with Gasteiger partial charge in [0, 0.05) is 14.4 Å². The smallest absolute Gasteiger partial charge is 0.271 e. The highest BCUT2D eigenvalue weighted by molar-refractivity contribution is 7.95. The number of sulfonamides is 2. The molecule has 0 saturated carbocycles. The van der Waals surface area contributed by atoms with Crippen LogP contribution in [-0.2, 0) is 20.0 Å². The van der Waals surface area contributed by atoms with Crippen LogP contribution in [-0.4, -0.2) is 16.8 Å². The van der Waals surface area contributed by atoms with Gasteiger partial charge in [-0.15, -0.1) is 22.7 Å². The number of aryl methyl sites for hydroxylation is 2. The van der Waals surface area contributed by atoms with Gasteiger partial charge in [0.15, 0.2) is 0 Å². The van der Waals surface area contributed by atoms with Gasteiger partial charge in [-0.05, 0) is 90.3 Å². The number of nitrogens with one attached hydrogen (secondary N) is 2. The Kier molecular flexibility index (Phi) is 6.44. The lowest BCUT2D eigenvalue weighted by molar-refractivity contribution is 0.600. The molecular weight excluding hydrogens is 582 g/mol. The van der Waals surface area contributed by atoms with E-state index in [1.165, 1.54) is 54.6 Å². The summed E-state index contributed by atoms with van der Waals surface area (Å²) in [4.78, 5) is 0. The average Bonchev–Trinajstić information content (AvgIpc) is 3.33. The number of fused-ring (bicyclic) bond motifs is 2. The monoisotopic (exact) mass is 598 g/mol. The minimum Gasteiger partial charge on any atom is -0.277 e. The molecule has 0 aliphatic rings. The Morgan fingerprint density at radius 1 is 0.676 bits per heavy atom. The van der Waals surface area contributed by atoms with Crippen LogP contribution in [0.15, 0.2) is 63.0 Å². The van der Waals surface area contributed by atoms with Crippen LogP contribution in [0.4, 0.5) is 20.2 Å². The minimum absolute atomic E-state index is 0.0285. The van der Waals surface area contributed by atoms with Crippen molar-refractivity contribution in [3.8, 4) is 0 Å². The Morgan fingerprint density at radius 3 is 1.62 bits per heavy atom. The Morgan fingerprint density at radius 2 is 1.14 bits per heavy atom. The summed E-state index contributed by atoms with van der Waals surface area (Å²) < 4.78 is 86.7. The van der Waals surface area contributed by atoms with E-state index in [1.54, 1.807) is 13.8 Å². The molecule has 0 spiro atoms. The second-order valence-electron chi connectivity index (χ2n) is 8.21. The van der Waals surface area contributed by atoms with Crippen molar-refractivity contribution >= 4 is 85.9 Å². The molecule has 0 aliphatic carbocycles. The van der Waals surface area contributed by atoms with Gasteiger partial charge in [0.2, 0.25) is 0 Å². The van der Waals surface area contributed by atoms with Crippen molar-refractivity contribution in [1.29, 1.82) is 0 Å². The van der Waals surface area contributed by atoms with Crippen LogP contribution in [0, 0.1) is 25.5 Å². The highest BCUT2D eigenvalue weighted by Crippen LogP contribution is 2.39. The molecule has 6 nitrogen and oxygen atoms in total. The SMILES string of the molecule is Cc1c(S(=O)(=O)Nc2ccc(Cl)cc2NS(=O)(=O)c2sc3ccc(F)cc3c2C)sc2ccc(F)cc12. The number of halogens is 3. The van der Waals surface area contributed by atoms with E-state index in [-0.39, 0.29) is 24.8 Å². The Balaban J connectivity index is 1.54. The molecule has 13 heteroatoms. The summed E-state index contributed by atoms with van der Waals surface area (Å²) in [6.45, 7) is 3.15. The first kappa shape index (κ1) is 25.9. The number of rotatable bonds is 6. The van der Waals surface area contributed by atoms with Crippen LogP contribution >= 0.6 is 34.3 Å². The maximum atomic E-state index is 13.7. The van der Waals surface area contributed by atoms with Crippen LogP contribution < -0.4 is 9.44 Å². The molecule has 0 bridgehead atoms. The van der Waals surface area contributed by atoms with E-state index < -0.39 is 31.7 Å². The Labute approximate surface area is 224 Å². The zero-order chi connectivity index (χ0) is 26.7. The maximum Gasteiger partial charge on any atom is 0.271 e. The molecule has 0 atom stereocenters. The van der Waals surface area contributed by atoms with Gasteiger partial charge in [-0.25, -0.2) is 25.6 Å². The average molecular weight is 599 g/mol. The number of benzene rings is 3. The second kappa shape index (κ2) is 9.21. The maximum absolute atomic E-state index is 13.7. The highest BCUT2D eigenvalue weighted by atomic mass is 35.5. The third-order valence-corrected chi connectivity index (χ3v) is 12.4. The summed E-state index contributed by atoms with van der Waals surface area (Å²) in [5, 5.41) is 1.11. The molecule has 0 fully saturated rings. The summed E-state index contributed by atoms with van der Waals surface area (Å²) >= 11 is 8.04. The highest BCUT2D eigenvalue weighted by Gasteiger charge is 2.26. The van der Waals surface area contributed by atoms with Crippen molar-refractivity contribution in [3.05, 3.63) is 82.4 Å². The van der Waals surface area contributed by atoms with E-state index in [2.05, 4.69) is 9.44 Å². The van der Waals surface area contributed by atoms with Crippen molar-refractivity contribution in [1.82, 2.24) is 0 Å². The van der Waals surface area contributed by atoms with Crippen molar-refractivity contribution in [3.63, 3.8) is 0 Å². The van der Waals surface area contributed by atoms with Crippen molar-refractivity contribution in [2.45, 2.75) is 22.3 Å². The van der Waals surface area contributed by atoms with Gasteiger partial charge in [-0.3, -0.25) is 9.44 Å². The van der Waals surface area contributed by atoms with E-state index >= 15 is 0 Å². The fourth-order valence-electron chi connectivity index (χ4n) is 3.93. The largest absolute Gasteiger partial charge is 0.277 e. The van der Waals surface area contributed by atoms with Gasteiger partial charge >= 0.3 is 0 Å². The predicted octanol–water partition coefficient (Wildman–Crippen LogP) is 7.27. The van der Waals surface area contributed by atoms with Gasteiger partial charge in [0.25, 0.3) is 20.0 Å². The first-order valence-corrected chi connectivity index (χ1v) is 15.6. The van der Waals surface area contributed by atoms with E-state index in [0.29, 0.717) is 31.3 Å². The van der Waals surface area contributed by atoms with Gasteiger partial charge in [-0.2, -0.15) is 0 Å². The Hall–Kier alpha value is -2.77. The van der Waals surface area contributed by atoms with Gasteiger partial charge in [0.1, 0.15) is 20.1 Å². The molecule has 5 rings (SSSR count). The topological polar surface area (TPSA) is 92.3 Å². The van der Waals surface area contributed by atoms with E-state index in [1.807, 2.05) is 0 Å². The molecule has 0 saturated heterocycles. The summed E-state index contributed by atoms with van der Waals surface area (Å²) in [5.74, 6) is -0.977. The molecule has 2 N–H and O–H groups in total. The van der Waals surface area contributed by atoms with Crippen molar-refractivity contribution < 1.29 is 25.6 Å².